The van der Waals surface area contributed by atoms with E-state index in [-0.39, 0.29) is 18.3 Å². The summed E-state index contributed by atoms with van der Waals surface area (Å²) in [6.45, 7) is 9.17. The van der Waals surface area contributed by atoms with Crippen molar-refractivity contribution in [2.24, 2.45) is 0 Å². The van der Waals surface area contributed by atoms with Crippen molar-refractivity contribution < 1.29 is 14.3 Å². The summed E-state index contributed by atoms with van der Waals surface area (Å²) in [5.41, 5.74) is 2.81. The van der Waals surface area contributed by atoms with Gasteiger partial charge in [0.05, 0.1) is 13.0 Å². The van der Waals surface area contributed by atoms with E-state index in [0.717, 1.165) is 17.5 Å². The van der Waals surface area contributed by atoms with Gasteiger partial charge in [-0.2, -0.15) is 0 Å². The molecule has 0 heterocycles. The second-order valence-electron chi connectivity index (χ2n) is 5.17. The minimum absolute atomic E-state index is 0.0151. The third kappa shape index (κ3) is 5.21. The van der Waals surface area contributed by atoms with E-state index in [1.54, 1.807) is 11.8 Å². The van der Waals surface area contributed by atoms with Gasteiger partial charge in [-0.1, -0.05) is 24.6 Å². The summed E-state index contributed by atoms with van der Waals surface area (Å²) < 4.78 is 4.92. The first-order valence-electron chi connectivity index (χ1n) is 7.51. The fourth-order valence-corrected chi connectivity index (χ4v) is 2.27. The second kappa shape index (κ2) is 8.45. The highest BCUT2D eigenvalue weighted by Gasteiger charge is 2.18. The zero-order valence-electron chi connectivity index (χ0n) is 13.4. The van der Waals surface area contributed by atoms with Crippen molar-refractivity contribution in [3.8, 4) is 0 Å². The predicted octanol–water partition coefficient (Wildman–Crippen LogP) is 3.11. The smallest absolute Gasteiger partial charge is 0.307 e. The highest BCUT2D eigenvalue weighted by Crippen LogP contribution is 2.14. The Balaban J connectivity index is 2.79. The first-order chi connectivity index (χ1) is 9.99. The number of rotatable bonds is 7. The van der Waals surface area contributed by atoms with Crippen LogP contribution in [-0.4, -0.2) is 36.5 Å². The van der Waals surface area contributed by atoms with Gasteiger partial charge in [0, 0.05) is 18.7 Å². The third-order valence-corrected chi connectivity index (χ3v) is 3.28. The standard InChI is InChI=1S/C17H25NO3/c1-5-10-18(11-9-16(19)21-6-2)17(20)15-8-7-13(3)12-14(15)4/h7-8,12H,5-6,9-11H2,1-4H3. The van der Waals surface area contributed by atoms with Gasteiger partial charge in [-0.3, -0.25) is 9.59 Å². The Labute approximate surface area is 127 Å². The van der Waals surface area contributed by atoms with Crippen LogP contribution in [0.5, 0.6) is 0 Å². The Hall–Kier alpha value is -1.84. The van der Waals surface area contributed by atoms with Gasteiger partial charge in [-0.25, -0.2) is 0 Å². The normalized spacial score (nSPS) is 10.3. The van der Waals surface area contributed by atoms with Gasteiger partial charge < -0.3 is 9.64 Å². The van der Waals surface area contributed by atoms with Crippen molar-refractivity contribution in [2.45, 2.75) is 40.5 Å². The summed E-state index contributed by atoms with van der Waals surface area (Å²) in [5.74, 6) is -0.273. The SMILES string of the molecule is CCCN(CCC(=O)OCC)C(=O)c1ccc(C)cc1C. The molecule has 1 rings (SSSR count). The summed E-state index contributed by atoms with van der Waals surface area (Å²) in [7, 11) is 0. The zero-order valence-corrected chi connectivity index (χ0v) is 13.4. The molecular weight excluding hydrogens is 266 g/mol. The Morgan fingerprint density at radius 2 is 1.86 bits per heavy atom. The molecule has 0 fully saturated rings. The number of carbonyl (C=O) groups excluding carboxylic acids is 2. The molecule has 1 aromatic rings. The number of hydrogen-bond acceptors (Lipinski definition) is 3. The molecule has 4 nitrogen and oxygen atoms in total. The topological polar surface area (TPSA) is 46.6 Å². The third-order valence-electron chi connectivity index (χ3n) is 3.28. The second-order valence-corrected chi connectivity index (χ2v) is 5.17. The van der Waals surface area contributed by atoms with Gasteiger partial charge in [0.2, 0.25) is 0 Å². The van der Waals surface area contributed by atoms with E-state index in [1.165, 1.54) is 0 Å². The van der Waals surface area contributed by atoms with Crippen molar-refractivity contribution >= 4 is 11.9 Å². The van der Waals surface area contributed by atoms with Crippen LogP contribution in [0.4, 0.5) is 0 Å². The van der Waals surface area contributed by atoms with Gasteiger partial charge in [-0.15, -0.1) is 0 Å². The van der Waals surface area contributed by atoms with E-state index in [4.69, 9.17) is 4.74 Å². The molecule has 0 spiro atoms. The summed E-state index contributed by atoms with van der Waals surface area (Å²) in [6, 6.07) is 5.80. The first kappa shape index (κ1) is 17.2. The number of hydrogen-bond donors (Lipinski definition) is 0. The van der Waals surface area contributed by atoms with Crippen molar-refractivity contribution in [3.05, 3.63) is 34.9 Å². The first-order valence-corrected chi connectivity index (χ1v) is 7.51. The van der Waals surface area contributed by atoms with E-state index in [2.05, 4.69) is 0 Å². The van der Waals surface area contributed by atoms with Crippen LogP contribution in [0, 0.1) is 13.8 Å². The average Bonchev–Trinajstić information content (AvgIpc) is 2.43. The summed E-state index contributed by atoms with van der Waals surface area (Å²) in [4.78, 5) is 25.8. The van der Waals surface area contributed by atoms with E-state index in [1.807, 2.05) is 39.0 Å². The number of esters is 1. The lowest BCUT2D eigenvalue weighted by Crippen LogP contribution is -2.34. The molecule has 1 aromatic carbocycles. The van der Waals surface area contributed by atoms with Crippen molar-refractivity contribution in [1.82, 2.24) is 4.90 Å². The number of nitrogens with zero attached hydrogens (tertiary/aromatic N) is 1. The van der Waals surface area contributed by atoms with Crippen LogP contribution in [0.3, 0.4) is 0 Å². The Bertz CT molecular complexity index is 497. The monoisotopic (exact) mass is 291 g/mol. The fraction of sp³-hybridized carbons (Fsp3) is 0.529. The molecule has 0 saturated heterocycles. The van der Waals surface area contributed by atoms with Gasteiger partial charge in [0.1, 0.15) is 0 Å². The van der Waals surface area contributed by atoms with E-state index in [0.29, 0.717) is 25.3 Å². The van der Waals surface area contributed by atoms with Gasteiger partial charge in [-0.05, 0) is 38.8 Å². The Kier molecular flexibility index (Phi) is 6.92. The molecule has 0 saturated carbocycles. The van der Waals surface area contributed by atoms with Crippen LogP contribution in [0.1, 0.15) is 48.2 Å². The van der Waals surface area contributed by atoms with Gasteiger partial charge in [0.15, 0.2) is 0 Å². The molecule has 0 atom stereocenters. The van der Waals surface area contributed by atoms with Crippen LogP contribution in [0.2, 0.25) is 0 Å². The molecule has 21 heavy (non-hydrogen) atoms. The van der Waals surface area contributed by atoms with Crippen LogP contribution in [0.15, 0.2) is 18.2 Å². The zero-order chi connectivity index (χ0) is 15.8. The molecule has 0 bridgehead atoms. The van der Waals surface area contributed by atoms with E-state index >= 15 is 0 Å². The lowest BCUT2D eigenvalue weighted by molar-refractivity contribution is -0.143. The predicted molar refractivity (Wildman–Crippen MR) is 83.4 cm³/mol. The quantitative estimate of drug-likeness (QED) is 0.725. The lowest BCUT2D eigenvalue weighted by Gasteiger charge is -2.22. The maximum atomic E-state index is 12.6. The molecule has 1 amide bonds. The van der Waals surface area contributed by atoms with Crippen molar-refractivity contribution in [2.75, 3.05) is 19.7 Å². The van der Waals surface area contributed by atoms with Crippen molar-refractivity contribution in [3.63, 3.8) is 0 Å². The van der Waals surface area contributed by atoms with Crippen LogP contribution < -0.4 is 0 Å². The molecule has 0 unspecified atom stereocenters. The van der Waals surface area contributed by atoms with Crippen LogP contribution in [-0.2, 0) is 9.53 Å². The highest BCUT2D eigenvalue weighted by atomic mass is 16.5. The average molecular weight is 291 g/mol. The summed E-state index contributed by atoms with van der Waals surface area (Å²) in [5, 5.41) is 0. The highest BCUT2D eigenvalue weighted by molar-refractivity contribution is 5.95. The lowest BCUT2D eigenvalue weighted by atomic mass is 10.0. The minimum atomic E-state index is -0.257. The molecule has 0 aliphatic carbocycles. The molecule has 116 valence electrons. The molecule has 0 radical (unpaired) electrons. The molecule has 0 aliphatic rings. The van der Waals surface area contributed by atoms with E-state index < -0.39 is 0 Å². The number of carbonyl (C=O) groups is 2. The number of aryl methyl sites for hydroxylation is 2. The fourth-order valence-electron chi connectivity index (χ4n) is 2.27. The molecule has 0 aromatic heterocycles. The van der Waals surface area contributed by atoms with Gasteiger partial charge in [0.25, 0.3) is 5.91 Å². The maximum absolute atomic E-state index is 12.6. The van der Waals surface area contributed by atoms with E-state index in [9.17, 15) is 9.59 Å². The number of amides is 1. The summed E-state index contributed by atoms with van der Waals surface area (Å²) >= 11 is 0. The largest absolute Gasteiger partial charge is 0.466 e. The molecule has 0 aliphatic heterocycles. The van der Waals surface area contributed by atoms with Crippen LogP contribution >= 0.6 is 0 Å². The number of benzene rings is 1. The van der Waals surface area contributed by atoms with Gasteiger partial charge >= 0.3 is 5.97 Å². The Morgan fingerprint density at radius 3 is 2.43 bits per heavy atom. The summed E-state index contributed by atoms with van der Waals surface area (Å²) in [6.07, 6.45) is 1.10. The maximum Gasteiger partial charge on any atom is 0.307 e. The van der Waals surface area contributed by atoms with Crippen molar-refractivity contribution in [1.29, 1.82) is 0 Å². The number of ether oxygens (including phenoxy) is 1. The molecule has 0 N–H and O–H groups in total. The van der Waals surface area contributed by atoms with Crippen LogP contribution in [0.25, 0.3) is 0 Å². The minimum Gasteiger partial charge on any atom is -0.466 e. The molecule has 4 heteroatoms. The Morgan fingerprint density at radius 1 is 1.14 bits per heavy atom. The molecular formula is C17H25NO3.